The first kappa shape index (κ1) is 15.9. The van der Waals surface area contributed by atoms with E-state index in [9.17, 15) is 8.42 Å². The fourth-order valence-electron chi connectivity index (χ4n) is 1.74. The molecule has 8 heteroatoms. The lowest BCUT2D eigenvalue weighted by Gasteiger charge is -2.16. The number of nitrogens with two attached hydrogens (primary N) is 1. The fourth-order valence-corrected chi connectivity index (χ4v) is 4.21. The second-order valence-electron chi connectivity index (χ2n) is 4.56. The normalized spacial score (nSPS) is 11.9. The highest BCUT2D eigenvalue weighted by molar-refractivity contribution is 8.00. The molecule has 1 aromatic carbocycles. The van der Waals surface area contributed by atoms with Gasteiger partial charge in [0.15, 0.2) is 0 Å². The Hall–Kier alpha value is -1.51. The number of rotatable bonds is 7. The standard InChI is InChI=1S/C13H18N4O2S2/c1-17(10-11-8-15-16-9-11)21(18,19)7-6-20-13-5-3-2-4-12(13)14/h2-5,8-9H,6-7,10,14H2,1H3,(H,15,16). The van der Waals surface area contributed by atoms with Crippen molar-refractivity contribution in [1.82, 2.24) is 14.5 Å². The van der Waals surface area contributed by atoms with Crippen molar-refractivity contribution in [3.8, 4) is 0 Å². The summed E-state index contributed by atoms with van der Waals surface area (Å²) >= 11 is 1.45. The molecule has 0 aliphatic rings. The minimum atomic E-state index is -3.29. The molecule has 0 spiro atoms. The molecule has 2 rings (SSSR count). The Kier molecular flexibility index (Phi) is 5.27. The van der Waals surface area contributed by atoms with Crippen molar-refractivity contribution in [1.29, 1.82) is 0 Å². The number of nitrogens with zero attached hydrogens (tertiary/aromatic N) is 2. The summed E-state index contributed by atoms with van der Waals surface area (Å²) < 4.78 is 25.7. The van der Waals surface area contributed by atoms with Gasteiger partial charge in [-0.3, -0.25) is 5.10 Å². The van der Waals surface area contributed by atoms with Gasteiger partial charge in [-0.2, -0.15) is 5.10 Å². The summed E-state index contributed by atoms with van der Waals surface area (Å²) in [6.45, 7) is 0.316. The zero-order chi connectivity index (χ0) is 15.3. The van der Waals surface area contributed by atoms with Gasteiger partial charge in [-0.05, 0) is 12.1 Å². The topological polar surface area (TPSA) is 92.1 Å². The van der Waals surface area contributed by atoms with E-state index in [1.165, 1.54) is 16.1 Å². The molecule has 1 aromatic heterocycles. The Morgan fingerprint density at radius 2 is 2.14 bits per heavy atom. The van der Waals surface area contributed by atoms with Crippen molar-refractivity contribution in [2.45, 2.75) is 11.4 Å². The number of benzene rings is 1. The van der Waals surface area contributed by atoms with Crippen LogP contribution in [0.4, 0.5) is 5.69 Å². The van der Waals surface area contributed by atoms with Crippen LogP contribution in [0.3, 0.4) is 0 Å². The average Bonchev–Trinajstić information content (AvgIpc) is 2.93. The van der Waals surface area contributed by atoms with Crippen LogP contribution < -0.4 is 5.73 Å². The highest BCUT2D eigenvalue weighted by Crippen LogP contribution is 2.24. The van der Waals surface area contributed by atoms with Crippen LogP contribution in [0, 0.1) is 0 Å². The van der Waals surface area contributed by atoms with Crippen LogP contribution in [0.5, 0.6) is 0 Å². The Labute approximate surface area is 128 Å². The van der Waals surface area contributed by atoms with E-state index in [1.807, 2.05) is 24.3 Å². The van der Waals surface area contributed by atoms with Crippen molar-refractivity contribution >= 4 is 27.5 Å². The first-order chi connectivity index (χ1) is 9.99. The zero-order valence-electron chi connectivity index (χ0n) is 11.7. The molecule has 0 fully saturated rings. The number of aromatic nitrogens is 2. The van der Waals surface area contributed by atoms with Gasteiger partial charge in [0.2, 0.25) is 10.0 Å². The number of hydrogen-bond acceptors (Lipinski definition) is 5. The molecule has 0 saturated heterocycles. The lowest BCUT2D eigenvalue weighted by molar-refractivity contribution is 0.468. The zero-order valence-corrected chi connectivity index (χ0v) is 13.3. The molecule has 0 saturated carbocycles. The van der Waals surface area contributed by atoms with Gasteiger partial charge in [-0.1, -0.05) is 12.1 Å². The molecular formula is C13H18N4O2S2. The fraction of sp³-hybridized carbons (Fsp3) is 0.308. The molecule has 0 aliphatic heterocycles. The lowest BCUT2D eigenvalue weighted by Crippen LogP contribution is -2.29. The van der Waals surface area contributed by atoms with Gasteiger partial charge < -0.3 is 5.73 Å². The van der Waals surface area contributed by atoms with E-state index in [0.717, 1.165) is 10.5 Å². The number of nitrogens with one attached hydrogen (secondary N) is 1. The monoisotopic (exact) mass is 326 g/mol. The van der Waals surface area contributed by atoms with Gasteiger partial charge >= 0.3 is 0 Å². The van der Waals surface area contributed by atoms with E-state index in [2.05, 4.69) is 10.2 Å². The predicted molar refractivity (Wildman–Crippen MR) is 85.4 cm³/mol. The molecule has 1 heterocycles. The van der Waals surface area contributed by atoms with Gasteiger partial charge in [0.05, 0.1) is 11.9 Å². The second-order valence-corrected chi connectivity index (χ2v) is 7.90. The number of hydrogen-bond donors (Lipinski definition) is 2. The third-order valence-corrected chi connectivity index (χ3v) is 6.10. The van der Waals surface area contributed by atoms with Crippen molar-refractivity contribution in [3.63, 3.8) is 0 Å². The SMILES string of the molecule is CN(Cc1cn[nH]c1)S(=O)(=O)CCSc1ccccc1N. The number of thioether (sulfide) groups is 1. The van der Waals surface area contributed by atoms with Crippen molar-refractivity contribution in [3.05, 3.63) is 42.2 Å². The summed E-state index contributed by atoms with van der Waals surface area (Å²) in [6, 6.07) is 7.44. The van der Waals surface area contributed by atoms with E-state index < -0.39 is 10.0 Å². The summed E-state index contributed by atoms with van der Waals surface area (Å²) in [5.74, 6) is 0.534. The summed E-state index contributed by atoms with van der Waals surface area (Å²) in [7, 11) is -1.72. The van der Waals surface area contributed by atoms with Gasteiger partial charge in [0, 0.05) is 41.7 Å². The molecule has 0 atom stereocenters. The van der Waals surface area contributed by atoms with E-state index in [-0.39, 0.29) is 5.75 Å². The van der Waals surface area contributed by atoms with Crippen LogP contribution in [0.1, 0.15) is 5.56 Å². The smallest absolute Gasteiger partial charge is 0.214 e. The molecule has 6 nitrogen and oxygen atoms in total. The Balaban J connectivity index is 1.88. The molecule has 114 valence electrons. The molecular weight excluding hydrogens is 308 g/mol. The quantitative estimate of drug-likeness (QED) is 0.595. The summed E-state index contributed by atoms with van der Waals surface area (Å²) in [4.78, 5) is 0.908. The summed E-state index contributed by atoms with van der Waals surface area (Å²) in [5.41, 5.74) is 7.34. The maximum absolute atomic E-state index is 12.2. The minimum absolute atomic E-state index is 0.0698. The Morgan fingerprint density at radius 1 is 1.38 bits per heavy atom. The highest BCUT2D eigenvalue weighted by atomic mass is 32.2. The van der Waals surface area contributed by atoms with E-state index >= 15 is 0 Å². The first-order valence-corrected chi connectivity index (χ1v) is 8.97. The summed E-state index contributed by atoms with van der Waals surface area (Å²) in [5, 5.41) is 6.47. The number of aromatic amines is 1. The van der Waals surface area contributed by atoms with Gasteiger partial charge in [0.1, 0.15) is 0 Å². The third kappa shape index (κ3) is 4.48. The summed E-state index contributed by atoms with van der Waals surface area (Å²) in [6.07, 6.45) is 3.30. The predicted octanol–water partition coefficient (Wildman–Crippen LogP) is 1.55. The van der Waals surface area contributed by atoms with E-state index in [1.54, 1.807) is 19.4 Å². The van der Waals surface area contributed by atoms with Crippen LogP contribution in [0.15, 0.2) is 41.6 Å². The molecule has 2 aromatic rings. The molecule has 0 radical (unpaired) electrons. The van der Waals surface area contributed by atoms with Gasteiger partial charge in [-0.15, -0.1) is 11.8 Å². The maximum Gasteiger partial charge on any atom is 0.214 e. The molecule has 3 N–H and O–H groups in total. The van der Waals surface area contributed by atoms with Crippen LogP contribution in [0.2, 0.25) is 0 Å². The number of anilines is 1. The minimum Gasteiger partial charge on any atom is -0.398 e. The highest BCUT2D eigenvalue weighted by Gasteiger charge is 2.18. The van der Waals surface area contributed by atoms with Crippen molar-refractivity contribution in [2.75, 3.05) is 24.3 Å². The maximum atomic E-state index is 12.2. The van der Waals surface area contributed by atoms with E-state index in [4.69, 9.17) is 5.73 Å². The third-order valence-electron chi connectivity index (χ3n) is 2.95. The average molecular weight is 326 g/mol. The number of nitrogen functional groups attached to an aromatic ring is 1. The lowest BCUT2D eigenvalue weighted by atomic mass is 10.3. The van der Waals surface area contributed by atoms with Crippen LogP contribution in [-0.4, -0.2) is 41.5 Å². The van der Waals surface area contributed by atoms with Crippen LogP contribution in [0.25, 0.3) is 0 Å². The van der Waals surface area contributed by atoms with Gasteiger partial charge in [-0.25, -0.2) is 12.7 Å². The molecule has 0 aliphatic carbocycles. The molecule has 0 unspecified atom stereocenters. The molecule has 21 heavy (non-hydrogen) atoms. The Morgan fingerprint density at radius 3 is 2.81 bits per heavy atom. The van der Waals surface area contributed by atoms with Gasteiger partial charge in [0.25, 0.3) is 0 Å². The van der Waals surface area contributed by atoms with Crippen LogP contribution >= 0.6 is 11.8 Å². The first-order valence-electron chi connectivity index (χ1n) is 6.38. The molecule has 0 amide bonds. The largest absolute Gasteiger partial charge is 0.398 e. The molecule has 0 bridgehead atoms. The number of para-hydroxylation sites is 1. The van der Waals surface area contributed by atoms with E-state index in [0.29, 0.717) is 18.0 Å². The number of H-pyrrole nitrogens is 1. The van der Waals surface area contributed by atoms with Crippen LogP contribution in [-0.2, 0) is 16.6 Å². The Bertz CT molecular complexity index is 671. The van der Waals surface area contributed by atoms with Crippen molar-refractivity contribution < 1.29 is 8.42 Å². The number of sulfonamides is 1. The second kappa shape index (κ2) is 6.97. The van der Waals surface area contributed by atoms with Crippen molar-refractivity contribution in [2.24, 2.45) is 0 Å².